The number of ether oxygens (including phenoxy) is 1. The van der Waals surface area contributed by atoms with Crippen LogP contribution in [-0.2, 0) is 4.74 Å². The largest absolute Gasteiger partial charge is 0.396 e. The van der Waals surface area contributed by atoms with Crippen molar-refractivity contribution in [1.29, 1.82) is 0 Å². The predicted octanol–water partition coefficient (Wildman–Crippen LogP) is 0.811. The fourth-order valence-corrected chi connectivity index (χ4v) is 1.42. The molecule has 0 aromatic heterocycles. The van der Waals surface area contributed by atoms with Crippen molar-refractivity contribution in [2.45, 2.75) is 12.5 Å². The molecule has 0 radical (unpaired) electrons. The zero-order valence-corrected chi connectivity index (χ0v) is 9.97. The third kappa shape index (κ3) is 5.33. The first-order valence-electron chi connectivity index (χ1n) is 5.51. The molecule has 0 fully saturated rings. The second-order valence-corrected chi connectivity index (χ2v) is 3.63. The van der Waals surface area contributed by atoms with Crippen LogP contribution in [-0.4, -0.2) is 37.4 Å². The van der Waals surface area contributed by atoms with Crippen LogP contribution in [0.1, 0.15) is 6.42 Å². The van der Waals surface area contributed by atoms with Gasteiger partial charge in [-0.05, 0) is 18.6 Å². The second-order valence-electron chi connectivity index (χ2n) is 3.63. The molecule has 0 saturated heterocycles. The number of aliphatic imine (C=N–C) groups is 1. The van der Waals surface area contributed by atoms with Gasteiger partial charge in [0.05, 0.1) is 12.6 Å². The lowest BCUT2D eigenvalue weighted by Gasteiger charge is -2.12. The van der Waals surface area contributed by atoms with Crippen LogP contribution in [0.4, 0.5) is 5.69 Å². The lowest BCUT2D eigenvalue weighted by Crippen LogP contribution is -2.27. The highest BCUT2D eigenvalue weighted by atomic mass is 16.5. The molecule has 1 unspecified atom stereocenters. The van der Waals surface area contributed by atoms with Gasteiger partial charge in [-0.3, -0.25) is 0 Å². The molecule has 1 aromatic rings. The first kappa shape index (κ1) is 13.5. The Hall–Kier alpha value is -1.59. The molecule has 0 saturated carbocycles. The molecule has 4 N–H and O–H groups in total. The number of para-hydroxylation sites is 1. The number of benzene rings is 1. The number of hydrogen-bond donors (Lipinski definition) is 3. The van der Waals surface area contributed by atoms with Gasteiger partial charge in [-0.2, -0.15) is 0 Å². The van der Waals surface area contributed by atoms with Crippen LogP contribution < -0.4 is 11.1 Å². The zero-order valence-electron chi connectivity index (χ0n) is 9.97. The van der Waals surface area contributed by atoms with Gasteiger partial charge in [0, 0.05) is 19.4 Å². The normalized spacial score (nSPS) is 13.4. The van der Waals surface area contributed by atoms with Crippen molar-refractivity contribution in [3.8, 4) is 0 Å². The Labute approximate surface area is 101 Å². The van der Waals surface area contributed by atoms with Gasteiger partial charge in [0.1, 0.15) is 0 Å². The number of rotatable bonds is 6. The van der Waals surface area contributed by atoms with Gasteiger partial charge in [-0.25, -0.2) is 4.99 Å². The number of methoxy groups -OCH3 is 1. The smallest absolute Gasteiger partial charge is 0.193 e. The van der Waals surface area contributed by atoms with Crippen molar-refractivity contribution in [3.05, 3.63) is 30.3 Å². The van der Waals surface area contributed by atoms with Crippen LogP contribution in [0.2, 0.25) is 0 Å². The topological polar surface area (TPSA) is 79.9 Å². The fraction of sp³-hybridized carbons (Fsp3) is 0.417. The van der Waals surface area contributed by atoms with E-state index in [9.17, 15) is 0 Å². The molecule has 0 aliphatic heterocycles. The number of nitrogens with zero attached hydrogens (tertiary/aromatic N) is 1. The Balaban J connectivity index is 2.57. The van der Waals surface area contributed by atoms with Gasteiger partial charge in [-0.15, -0.1) is 0 Å². The number of aliphatic hydroxyl groups excluding tert-OH is 1. The summed E-state index contributed by atoms with van der Waals surface area (Å²) in [5, 5.41) is 11.9. The highest BCUT2D eigenvalue weighted by Crippen LogP contribution is 2.05. The molecule has 0 bridgehead atoms. The van der Waals surface area contributed by atoms with Crippen molar-refractivity contribution < 1.29 is 9.84 Å². The Morgan fingerprint density at radius 1 is 1.47 bits per heavy atom. The number of hydrogen-bond acceptors (Lipinski definition) is 3. The van der Waals surface area contributed by atoms with E-state index >= 15 is 0 Å². The summed E-state index contributed by atoms with van der Waals surface area (Å²) in [4.78, 5) is 4.25. The average Bonchev–Trinajstić information content (AvgIpc) is 2.30. The van der Waals surface area contributed by atoms with Gasteiger partial charge < -0.3 is 20.9 Å². The molecule has 1 rings (SSSR count). The highest BCUT2D eigenvalue weighted by molar-refractivity contribution is 5.92. The predicted molar refractivity (Wildman–Crippen MR) is 69.1 cm³/mol. The van der Waals surface area contributed by atoms with Crippen LogP contribution in [0.25, 0.3) is 0 Å². The van der Waals surface area contributed by atoms with Crippen LogP contribution in [0.15, 0.2) is 35.3 Å². The Morgan fingerprint density at radius 2 is 2.18 bits per heavy atom. The third-order valence-corrected chi connectivity index (χ3v) is 2.19. The molecular weight excluding hydrogens is 218 g/mol. The molecule has 94 valence electrons. The second kappa shape index (κ2) is 7.65. The fourth-order valence-electron chi connectivity index (χ4n) is 1.42. The van der Waals surface area contributed by atoms with E-state index in [4.69, 9.17) is 15.6 Å². The first-order chi connectivity index (χ1) is 8.26. The maximum absolute atomic E-state index is 8.88. The number of nitrogens with one attached hydrogen (secondary N) is 1. The van der Waals surface area contributed by atoms with E-state index in [0.29, 0.717) is 19.0 Å². The van der Waals surface area contributed by atoms with Gasteiger partial charge >= 0.3 is 0 Å². The van der Waals surface area contributed by atoms with Crippen molar-refractivity contribution >= 4 is 11.6 Å². The van der Waals surface area contributed by atoms with E-state index in [1.165, 1.54) is 0 Å². The van der Waals surface area contributed by atoms with E-state index < -0.39 is 0 Å². The third-order valence-electron chi connectivity index (χ3n) is 2.19. The van der Waals surface area contributed by atoms with Gasteiger partial charge in [0.25, 0.3) is 0 Å². The number of nitrogens with two attached hydrogens (primary N) is 1. The molecule has 1 aromatic carbocycles. The molecule has 17 heavy (non-hydrogen) atoms. The van der Waals surface area contributed by atoms with Gasteiger partial charge in [0.2, 0.25) is 0 Å². The lowest BCUT2D eigenvalue weighted by molar-refractivity contribution is 0.164. The summed E-state index contributed by atoms with van der Waals surface area (Å²) in [5.74, 6) is 0.326. The summed E-state index contributed by atoms with van der Waals surface area (Å²) < 4.78 is 5.01. The minimum absolute atomic E-state index is 0.0656. The Morgan fingerprint density at radius 3 is 2.76 bits per heavy atom. The van der Waals surface area contributed by atoms with Gasteiger partial charge in [-0.1, -0.05) is 18.2 Å². The maximum atomic E-state index is 8.88. The Bertz CT molecular complexity index is 335. The SMILES string of the molecule is COCC(CCO)N=C(N)Nc1ccccc1. The quantitative estimate of drug-likeness (QED) is 0.505. The van der Waals surface area contributed by atoms with Crippen LogP contribution in [0.5, 0.6) is 0 Å². The molecule has 0 spiro atoms. The zero-order chi connectivity index (χ0) is 12.5. The van der Waals surface area contributed by atoms with Crippen molar-refractivity contribution in [2.75, 3.05) is 25.6 Å². The molecule has 0 aliphatic carbocycles. The Kier molecular flexibility index (Phi) is 6.06. The monoisotopic (exact) mass is 237 g/mol. The number of anilines is 1. The standard InChI is InChI=1S/C12H19N3O2/c1-17-9-11(7-8-16)15-12(13)14-10-5-3-2-4-6-10/h2-6,11,16H,7-9H2,1H3,(H3,13,14,15). The summed E-state index contributed by atoms with van der Waals surface area (Å²) in [6, 6.07) is 9.44. The number of aliphatic hydroxyl groups is 1. The van der Waals surface area contributed by atoms with Crippen LogP contribution >= 0.6 is 0 Å². The van der Waals surface area contributed by atoms with E-state index in [2.05, 4.69) is 10.3 Å². The highest BCUT2D eigenvalue weighted by Gasteiger charge is 2.06. The molecule has 0 heterocycles. The van der Waals surface area contributed by atoms with E-state index in [1.807, 2.05) is 30.3 Å². The molecule has 5 nitrogen and oxygen atoms in total. The summed E-state index contributed by atoms with van der Waals surface area (Å²) in [6.07, 6.45) is 0.533. The van der Waals surface area contributed by atoms with Crippen molar-refractivity contribution in [1.82, 2.24) is 0 Å². The van der Waals surface area contributed by atoms with Crippen molar-refractivity contribution in [2.24, 2.45) is 10.7 Å². The molecule has 0 amide bonds. The van der Waals surface area contributed by atoms with Crippen molar-refractivity contribution in [3.63, 3.8) is 0 Å². The first-order valence-corrected chi connectivity index (χ1v) is 5.51. The average molecular weight is 237 g/mol. The number of guanidine groups is 1. The van der Waals surface area contributed by atoms with Crippen LogP contribution in [0.3, 0.4) is 0 Å². The summed E-state index contributed by atoms with van der Waals surface area (Å²) in [7, 11) is 1.60. The maximum Gasteiger partial charge on any atom is 0.193 e. The minimum atomic E-state index is -0.124. The molecular formula is C12H19N3O2. The van der Waals surface area contributed by atoms with E-state index in [0.717, 1.165) is 5.69 Å². The summed E-state index contributed by atoms with van der Waals surface area (Å²) >= 11 is 0. The van der Waals surface area contributed by atoms with Crippen LogP contribution in [0, 0.1) is 0 Å². The van der Waals surface area contributed by atoms with E-state index in [1.54, 1.807) is 7.11 Å². The van der Waals surface area contributed by atoms with E-state index in [-0.39, 0.29) is 12.6 Å². The molecule has 1 atom stereocenters. The minimum Gasteiger partial charge on any atom is -0.396 e. The summed E-state index contributed by atoms with van der Waals surface area (Å²) in [5.41, 5.74) is 6.65. The van der Waals surface area contributed by atoms with Gasteiger partial charge in [0.15, 0.2) is 5.96 Å². The molecule has 0 aliphatic rings. The summed E-state index contributed by atoms with van der Waals surface area (Å²) in [6.45, 7) is 0.508. The lowest BCUT2D eigenvalue weighted by atomic mass is 10.2. The molecule has 5 heteroatoms.